The van der Waals surface area contributed by atoms with E-state index in [9.17, 15) is 14.9 Å². The summed E-state index contributed by atoms with van der Waals surface area (Å²) >= 11 is 6.58. The molecule has 0 spiro atoms. The van der Waals surface area contributed by atoms with Gasteiger partial charge in [0.25, 0.3) is 5.91 Å². The van der Waals surface area contributed by atoms with Crippen molar-refractivity contribution in [1.82, 2.24) is 25.1 Å². The van der Waals surface area contributed by atoms with E-state index in [4.69, 9.17) is 17.0 Å². The van der Waals surface area contributed by atoms with Gasteiger partial charge in [-0.25, -0.2) is 0 Å². The number of amides is 1. The average Bonchev–Trinajstić information content (AvgIpc) is 3.36. The van der Waals surface area contributed by atoms with Crippen molar-refractivity contribution in [2.24, 2.45) is 0 Å². The van der Waals surface area contributed by atoms with Crippen molar-refractivity contribution < 1.29 is 14.5 Å². The minimum absolute atomic E-state index is 0.0509. The molecule has 0 fully saturated rings. The molecule has 0 radical (unpaired) electrons. The van der Waals surface area contributed by atoms with Gasteiger partial charge in [0.1, 0.15) is 11.3 Å². The molecule has 0 aliphatic rings. The second-order valence-corrected chi connectivity index (χ2v) is 7.46. The summed E-state index contributed by atoms with van der Waals surface area (Å²) in [5, 5.41) is 29.5. The van der Waals surface area contributed by atoms with Crippen LogP contribution in [0.3, 0.4) is 0 Å². The minimum atomic E-state index is -0.621. The Bertz CT molecular complexity index is 1270. The van der Waals surface area contributed by atoms with Crippen molar-refractivity contribution in [3.63, 3.8) is 0 Å². The van der Waals surface area contributed by atoms with Crippen molar-refractivity contribution in [3.05, 3.63) is 64.5 Å². The van der Waals surface area contributed by atoms with Crippen LogP contribution in [0.1, 0.15) is 10.4 Å². The Morgan fingerprint density at radius 3 is 2.71 bits per heavy atom. The van der Waals surface area contributed by atoms with Crippen molar-refractivity contribution >= 4 is 50.9 Å². The van der Waals surface area contributed by atoms with Crippen LogP contribution in [0.4, 0.5) is 11.4 Å². The quantitative estimate of drug-likeness (QED) is 0.264. The molecule has 0 bridgehead atoms. The average molecular weight is 455 g/mol. The van der Waals surface area contributed by atoms with Crippen LogP contribution in [0, 0.1) is 10.1 Å². The Hall–Kier alpha value is -3.97. The van der Waals surface area contributed by atoms with Crippen LogP contribution in [0.2, 0.25) is 0 Å². The van der Waals surface area contributed by atoms with E-state index in [2.05, 4.69) is 25.9 Å². The molecule has 2 N–H and O–H groups in total. The molecule has 0 saturated carbocycles. The first-order chi connectivity index (χ1) is 14.9. The number of nitrogens with zero attached hydrogens (tertiary/aromatic N) is 5. The van der Waals surface area contributed by atoms with Gasteiger partial charge >= 0.3 is 5.69 Å². The molecule has 2 aromatic heterocycles. The number of ether oxygens (including phenoxy) is 1. The van der Waals surface area contributed by atoms with Crippen LogP contribution >= 0.6 is 23.6 Å². The maximum Gasteiger partial charge on any atom is 0.311 e. The number of methoxy groups -OCH3 is 1. The standard InChI is InChI=1S/C18H13N7O4S2/c1-29-14-7-4-11(8-13(14)25(27)28)15(26)21-17(30)20-12-5-2-10(3-6-12)16-23-24-9-19-22-18(24)31-16/h2-9H,1H3,(H2,20,21,26,30). The molecule has 1 amide bonds. The molecule has 13 heteroatoms. The Morgan fingerprint density at radius 2 is 2.03 bits per heavy atom. The first-order valence-electron chi connectivity index (χ1n) is 8.66. The summed E-state index contributed by atoms with van der Waals surface area (Å²) in [6, 6.07) is 11.2. The highest BCUT2D eigenvalue weighted by atomic mass is 32.1. The molecule has 0 aliphatic carbocycles. The molecule has 4 aromatic rings. The van der Waals surface area contributed by atoms with Gasteiger partial charge in [-0.3, -0.25) is 20.2 Å². The van der Waals surface area contributed by atoms with Crippen LogP contribution in [0.5, 0.6) is 5.75 Å². The Labute approximate surface area is 183 Å². The van der Waals surface area contributed by atoms with E-state index in [1.165, 1.54) is 36.9 Å². The van der Waals surface area contributed by atoms with Crippen molar-refractivity contribution in [3.8, 4) is 16.3 Å². The second kappa shape index (κ2) is 8.41. The number of aromatic nitrogens is 4. The van der Waals surface area contributed by atoms with E-state index in [1.54, 1.807) is 16.6 Å². The molecule has 0 unspecified atom stereocenters. The Kier molecular flexibility index (Phi) is 5.51. The lowest BCUT2D eigenvalue weighted by Crippen LogP contribution is -2.34. The van der Waals surface area contributed by atoms with Crippen molar-refractivity contribution in [2.45, 2.75) is 0 Å². The fourth-order valence-corrected chi connectivity index (χ4v) is 3.72. The van der Waals surface area contributed by atoms with Gasteiger partial charge in [-0.2, -0.15) is 9.61 Å². The van der Waals surface area contributed by atoms with Gasteiger partial charge in [-0.05, 0) is 48.6 Å². The third kappa shape index (κ3) is 4.31. The third-order valence-electron chi connectivity index (χ3n) is 4.14. The highest BCUT2D eigenvalue weighted by molar-refractivity contribution is 7.80. The Morgan fingerprint density at radius 1 is 1.26 bits per heavy atom. The molecule has 11 nitrogen and oxygen atoms in total. The number of fused-ring (bicyclic) bond motifs is 1. The number of rotatable bonds is 5. The summed E-state index contributed by atoms with van der Waals surface area (Å²) in [7, 11) is 1.32. The smallest absolute Gasteiger partial charge is 0.311 e. The lowest BCUT2D eigenvalue weighted by molar-refractivity contribution is -0.385. The number of thiocarbonyl (C=S) groups is 1. The molecule has 2 aromatic carbocycles. The van der Waals surface area contributed by atoms with Gasteiger partial charge in [0.05, 0.1) is 12.0 Å². The zero-order valence-corrected chi connectivity index (χ0v) is 17.4. The third-order valence-corrected chi connectivity index (χ3v) is 5.31. The highest BCUT2D eigenvalue weighted by Crippen LogP contribution is 2.28. The van der Waals surface area contributed by atoms with Crippen LogP contribution in [0.25, 0.3) is 15.5 Å². The minimum Gasteiger partial charge on any atom is -0.490 e. The second-order valence-electron chi connectivity index (χ2n) is 6.09. The number of hydrogen-bond donors (Lipinski definition) is 2. The first-order valence-corrected chi connectivity index (χ1v) is 9.89. The molecule has 4 rings (SSSR count). The Balaban J connectivity index is 1.41. The molecular weight excluding hydrogens is 442 g/mol. The molecule has 2 heterocycles. The summed E-state index contributed by atoms with van der Waals surface area (Å²) in [4.78, 5) is 23.6. The number of hydrogen-bond acceptors (Lipinski definition) is 9. The van der Waals surface area contributed by atoms with E-state index < -0.39 is 10.8 Å². The van der Waals surface area contributed by atoms with E-state index in [0.29, 0.717) is 10.6 Å². The van der Waals surface area contributed by atoms with Gasteiger partial charge in [-0.1, -0.05) is 11.3 Å². The molecule has 156 valence electrons. The van der Waals surface area contributed by atoms with Crippen molar-refractivity contribution in [2.75, 3.05) is 12.4 Å². The molecule has 0 aliphatic heterocycles. The summed E-state index contributed by atoms with van der Waals surface area (Å²) in [5.41, 5.74) is 1.31. The maximum atomic E-state index is 12.4. The van der Waals surface area contributed by atoms with Gasteiger partial charge < -0.3 is 10.1 Å². The molecule has 0 atom stereocenters. The van der Waals surface area contributed by atoms with Gasteiger partial charge in [0.2, 0.25) is 4.96 Å². The van der Waals surface area contributed by atoms with Crippen LogP contribution in [-0.2, 0) is 0 Å². The van der Waals surface area contributed by atoms with Crippen LogP contribution in [-0.4, -0.2) is 42.9 Å². The molecule has 0 saturated heterocycles. The maximum absolute atomic E-state index is 12.4. The summed E-state index contributed by atoms with van der Waals surface area (Å²) in [6.07, 6.45) is 1.53. The SMILES string of the molecule is COc1ccc(C(=O)NC(=S)Nc2ccc(-c3nn4cnnc4s3)cc2)cc1[N+](=O)[O-]. The zero-order valence-electron chi connectivity index (χ0n) is 15.8. The summed E-state index contributed by atoms with van der Waals surface area (Å²) in [6.45, 7) is 0. The summed E-state index contributed by atoms with van der Waals surface area (Å²) < 4.78 is 6.53. The highest BCUT2D eigenvalue weighted by Gasteiger charge is 2.18. The predicted molar refractivity (Wildman–Crippen MR) is 117 cm³/mol. The fourth-order valence-electron chi connectivity index (χ4n) is 2.68. The number of anilines is 1. The molecular formula is C18H13N7O4S2. The van der Waals surface area contributed by atoms with Crippen LogP contribution in [0.15, 0.2) is 48.8 Å². The topological polar surface area (TPSA) is 137 Å². The first kappa shape index (κ1) is 20.3. The fraction of sp³-hybridized carbons (Fsp3) is 0.0556. The molecule has 31 heavy (non-hydrogen) atoms. The number of nitrogens with one attached hydrogen (secondary N) is 2. The van der Waals surface area contributed by atoms with Crippen LogP contribution < -0.4 is 15.4 Å². The van der Waals surface area contributed by atoms with Crippen molar-refractivity contribution in [1.29, 1.82) is 0 Å². The lowest BCUT2D eigenvalue weighted by Gasteiger charge is -2.10. The monoisotopic (exact) mass is 455 g/mol. The zero-order chi connectivity index (χ0) is 22.0. The van der Waals surface area contributed by atoms with E-state index in [1.807, 2.05) is 12.1 Å². The largest absolute Gasteiger partial charge is 0.490 e. The predicted octanol–water partition coefficient (Wildman–Crippen LogP) is 2.90. The van der Waals surface area contributed by atoms with Gasteiger partial charge in [0.15, 0.2) is 10.9 Å². The van der Waals surface area contributed by atoms with E-state index in [-0.39, 0.29) is 22.1 Å². The number of carbonyl (C=O) groups is 1. The van der Waals surface area contributed by atoms with E-state index in [0.717, 1.165) is 16.6 Å². The normalized spacial score (nSPS) is 10.6. The number of nitro groups is 1. The number of benzene rings is 2. The lowest BCUT2D eigenvalue weighted by atomic mass is 10.1. The summed E-state index contributed by atoms with van der Waals surface area (Å²) in [5.74, 6) is -0.522. The van der Waals surface area contributed by atoms with Gasteiger partial charge in [-0.15, -0.1) is 10.2 Å². The number of carbonyl (C=O) groups excluding carboxylic acids is 1. The van der Waals surface area contributed by atoms with E-state index >= 15 is 0 Å². The van der Waals surface area contributed by atoms with Gasteiger partial charge in [0, 0.05) is 22.9 Å². The number of nitro benzene ring substituents is 1.